The van der Waals surface area contributed by atoms with Gasteiger partial charge in [0.05, 0.1) is 6.04 Å². The Labute approximate surface area is 126 Å². The average Bonchev–Trinajstić information content (AvgIpc) is 3.41. The van der Waals surface area contributed by atoms with Crippen LogP contribution in [0.1, 0.15) is 24.8 Å². The highest BCUT2D eigenvalue weighted by molar-refractivity contribution is 5.68. The zero-order chi connectivity index (χ0) is 14.1. The average molecular weight is 275 g/mol. The number of hydrogen-bond donors (Lipinski definition) is 1. The fourth-order valence-corrected chi connectivity index (χ4v) is 3.32. The summed E-state index contributed by atoms with van der Waals surface area (Å²) in [5.41, 5.74) is 4.34. The van der Waals surface area contributed by atoms with Gasteiger partial charge < -0.3 is 5.32 Å². The summed E-state index contributed by atoms with van der Waals surface area (Å²) in [6.07, 6.45) is 17.6. The van der Waals surface area contributed by atoms with Crippen LogP contribution in [-0.4, -0.2) is 6.04 Å². The van der Waals surface area contributed by atoms with Crippen molar-refractivity contribution in [2.75, 3.05) is 0 Å². The summed E-state index contributed by atoms with van der Waals surface area (Å²) in [5, 5.41) is 3.54. The molecule has 1 saturated carbocycles. The first-order valence-corrected chi connectivity index (χ1v) is 7.97. The molecule has 0 saturated heterocycles. The molecule has 1 nitrogen and oxygen atoms in total. The second-order valence-electron chi connectivity index (χ2n) is 6.28. The second-order valence-corrected chi connectivity index (χ2v) is 6.28. The number of dihydropyridines is 1. The smallest absolute Gasteiger partial charge is 0.0510 e. The quantitative estimate of drug-likeness (QED) is 0.858. The lowest BCUT2D eigenvalue weighted by atomic mass is 9.84. The predicted molar refractivity (Wildman–Crippen MR) is 88.5 cm³/mol. The molecule has 2 unspecified atom stereocenters. The molecule has 0 aromatic heterocycles. The third kappa shape index (κ3) is 2.73. The van der Waals surface area contributed by atoms with Crippen molar-refractivity contribution in [1.82, 2.24) is 5.32 Å². The van der Waals surface area contributed by atoms with Crippen LogP contribution in [0.3, 0.4) is 0 Å². The molecule has 2 atom stereocenters. The van der Waals surface area contributed by atoms with E-state index in [9.17, 15) is 0 Å². The summed E-state index contributed by atoms with van der Waals surface area (Å²) in [6, 6.07) is 11.2. The first kappa shape index (κ1) is 12.7. The van der Waals surface area contributed by atoms with Crippen LogP contribution < -0.4 is 5.32 Å². The van der Waals surface area contributed by atoms with Crippen molar-refractivity contribution in [3.05, 3.63) is 78.0 Å². The van der Waals surface area contributed by atoms with Gasteiger partial charge in [0.15, 0.2) is 0 Å². The fourth-order valence-electron chi connectivity index (χ4n) is 3.32. The van der Waals surface area contributed by atoms with E-state index in [2.05, 4.69) is 72.2 Å². The van der Waals surface area contributed by atoms with Gasteiger partial charge in [0.1, 0.15) is 0 Å². The van der Waals surface area contributed by atoms with E-state index in [0.29, 0.717) is 12.0 Å². The maximum Gasteiger partial charge on any atom is 0.0510 e. The van der Waals surface area contributed by atoms with E-state index >= 15 is 0 Å². The molecule has 0 amide bonds. The Kier molecular flexibility index (Phi) is 3.27. The maximum atomic E-state index is 3.54. The summed E-state index contributed by atoms with van der Waals surface area (Å²) in [6.45, 7) is 0. The summed E-state index contributed by atoms with van der Waals surface area (Å²) in [4.78, 5) is 0. The lowest BCUT2D eigenvalue weighted by molar-refractivity contribution is 0.521. The van der Waals surface area contributed by atoms with Crippen molar-refractivity contribution in [3.63, 3.8) is 0 Å². The van der Waals surface area contributed by atoms with Gasteiger partial charge >= 0.3 is 0 Å². The molecule has 1 N–H and O–H groups in total. The van der Waals surface area contributed by atoms with Gasteiger partial charge in [0, 0.05) is 5.92 Å². The molecule has 1 heteroatoms. The number of benzene rings is 1. The highest BCUT2D eigenvalue weighted by Crippen LogP contribution is 2.39. The van der Waals surface area contributed by atoms with Gasteiger partial charge in [0.25, 0.3) is 0 Å². The van der Waals surface area contributed by atoms with Crippen molar-refractivity contribution in [3.8, 4) is 0 Å². The van der Waals surface area contributed by atoms with E-state index in [4.69, 9.17) is 0 Å². The molecule has 0 radical (unpaired) electrons. The lowest BCUT2D eigenvalue weighted by Gasteiger charge is -2.28. The Morgan fingerprint density at radius 1 is 1.05 bits per heavy atom. The van der Waals surface area contributed by atoms with Crippen LogP contribution in [0.25, 0.3) is 5.57 Å². The molecule has 0 bridgehead atoms. The highest BCUT2D eigenvalue weighted by atomic mass is 14.9. The summed E-state index contributed by atoms with van der Waals surface area (Å²) in [7, 11) is 0. The molecule has 1 aliphatic heterocycles. The molecule has 1 heterocycles. The zero-order valence-corrected chi connectivity index (χ0v) is 12.2. The Morgan fingerprint density at radius 2 is 1.90 bits per heavy atom. The van der Waals surface area contributed by atoms with E-state index in [1.807, 2.05) is 0 Å². The molecule has 21 heavy (non-hydrogen) atoms. The van der Waals surface area contributed by atoms with Gasteiger partial charge in [-0.3, -0.25) is 0 Å². The molecule has 4 rings (SSSR count). The standard InChI is InChI=1S/C20H21N/c1-2-5-15(6-3-1)17-7-4-8-19(13-17)20-14-18(11-12-21-20)16-9-10-16/h1-8,11-12,14,16,19-21H,9-10,13H2. The van der Waals surface area contributed by atoms with Gasteiger partial charge in [-0.15, -0.1) is 0 Å². The molecule has 1 fully saturated rings. The molecular weight excluding hydrogens is 254 g/mol. The van der Waals surface area contributed by atoms with E-state index in [-0.39, 0.29) is 0 Å². The predicted octanol–water partition coefficient (Wildman–Crippen LogP) is 4.47. The number of nitrogens with one attached hydrogen (secondary N) is 1. The van der Waals surface area contributed by atoms with Crippen LogP contribution >= 0.6 is 0 Å². The lowest BCUT2D eigenvalue weighted by Crippen LogP contribution is -2.33. The van der Waals surface area contributed by atoms with Gasteiger partial charge in [-0.05, 0) is 54.2 Å². The van der Waals surface area contributed by atoms with Crippen LogP contribution in [0, 0.1) is 11.8 Å². The normalized spacial score (nSPS) is 27.8. The third-order valence-corrected chi connectivity index (χ3v) is 4.70. The zero-order valence-electron chi connectivity index (χ0n) is 12.2. The molecule has 106 valence electrons. The Hall–Kier alpha value is -2.02. The third-order valence-electron chi connectivity index (χ3n) is 4.70. The minimum atomic E-state index is 0.439. The van der Waals surface area contributed by atoms with Crippen molar-refractivity contribution in [2.45, 2.75) is 25.3 Å². The fraction of sp³-hybridized carbons (Fsp3) is 0.300. The summed E-state index contributed by atoms with van der Waals surface area (Å²) in [5.74, 6) is 1.38. The van der Waals surface area contributed by atoms with Crippen molar-refractivity contribution < 1.29 is 0 Å². The van der Waals surface area contributed by atoms with Crippen LogP contribution in [0.15, 0.2) is 72.5 Å². The van der Waals surface area contributed by atoms with Crippen molar-refractivity contribution in [1.29, 1.82) is 0 Å². The van der Waals surface area contributed by atoms with Gasteiger partial charge in [-0.25, -0.2) is 0 Å². The molecule has 0 spiro atoms. The number of allylic oxidation sites excluding steroid dienone is 5. The highest BCUT2D eigenvalue weighted by Gasteiger charge is 2.28. The number of rotatable bonds is 3. The Bertz CT molecular complexity index is 629. The van der Waals surface area contributed by atoms with Crippen molar-refractivity contribution >= 4 is 5.57 Å². The monoisotopic (exact) mass is 275 g/mol. The topological polar surface area (TPSA) is 12.0 Å². The first-order chi connectivity index (χ1) is 10.4. The Balaban J connectivity index is 1.52. The second kappa shape index (κ2) is 5.40. The SMILES string of the molecule is C1=CC(C2C=C(C3CC3)C=CN2)CC(c2ccccc2)=C1. The van der Waals surface area contributed by atoms with Gasteiger partial charge in [-0.1, -0.05) is 54.6 Å². The largest absolute Gasteiger partial charge is 0.384 e. The minimum Gasteiger partial charge on any atom is -0.384 e. The van der Waals surface area contributed by atoms with Crippen LogP contribution in [0.2, 0.25) is 0 Å². The molecule has 3 aliphatic rings. The molecule has 1 aromatic carbocycles. The molecule has 2 aliphatic carbocycles. The van der Waals surface area contributed by atoms with Crippen LogP contribution in [0.5, 0.6) is 0 Å². The Morgan fingerprint density at radius 3 is 2.71 bits per heavy atom. The van der Waals surface area contributed by atoms with Crippen molar-refractivity contribution in [2.24, 2.45) is 11.8 Å². The summed E-state index contributed by atoms with van der Waals surface area (Å²) < 4.78 is 0. The maximum absolute atomic E-state index is 3.54. The van der Waals surface area contributed by atoms with E-state index in [1.165, 1.54) is 24.0 Å². The van der Waals surface area contributed by atoms with E-state index in [0.717, 1.165) is 12.3 Å². The number of hydrogen-bond acceptors (Lipinski definition) is 1. The molecule has 1 aromatic rings. The minimum absolute atomic E-state index is 0.439. The summed E-state index contributed by atoms with van der Waals surface area (Å²) >= 11 is 0. The van der Waals surface area contributed by atoms with E-state index in [1.54, 1.807) is 5.57 Å². The van der Waals surface area contributed by atoms with E-state index < -0.39 is 0 Å². The molecular formula is C20H21N. The van der Waals surface area contributed by atoms with Gasteiger partial charge in [-0.2, -0.15) is 0 Å². The van der Waals surface area contributed by atoms with Gasteiger partial charge in [0.2, 0.25) is 0 Å². The van der Waals surface area contributed by atoms with Crippen LogP contribution in [-0.2, 0) is 0 Å². The van der Waals surface area contributed by atoms with Crippen LogP contribution in [0.4, 0.5) is 0 Å². The first-order valence-electron chi connectivity index (χ1n) is 7.97.